The van der Waals surface area contributed by atoms with E-state index in [4.69, 9.17) is 0 Å². The fourth-order valence-corrected chi connectivity index (χ4v) is 2.39. The molecule has 94 valence electrons. The molecule has 2 amide bonds. The molecule has 0 radical (unpaired) electrons. The molecular formula is C13H26N2O. The van der Waals surface area contributed by atoms with Gasteiger partial charge < -0.3 is 10.6 Å². The van der Waals surface area contributed by atoms with Crippen LogP contribution >= 0.6 is 0 Å². The summed E-state index contributed by atoms with van der Waals surface area (Å²) in [7, 11) is 0. The summed E-state index contributed by atoms with van der Waals surface area (Å²) in [6, 6.07) is 0.786. The van der Waals surface area contributed by atoms with Gasteiger partial charge in [0.1, 0.15) is 0 Å². The molecule has 0 bridgehead atoms. The van der Waals surface area contributed by atoms with Crippen LogP contribution in [0.3, 0.4) is 0 Å². The molecular weight excluding hydrogens is 200 g/mol. The number of carbonyl (C=O) groups is 1. The fourth-order valence-electron chi connectivity index (χ4n) is 2.39. The van der Waals surface area contributed by atoms with Gasteiger partial charge in [0.15, 0.2) is 0 Å². The van der Waals surface area contributed by atoms with E-state index in [0.29, 0.717) is 12.1 Å². The van der Waals surface area contributed by atoms with Gasteiger partial charge in [-0.3, -0.25) is 0 Å². The van der Waals surface area contributed by atoms with Crippen molar-refractivity contribution in [3.63, 3.8) is 0 Å². The Morgan fingerprint density at radius 2 is 1.94 bits per heavy atom. The van der Waals surface area contributed by atoms with Crippen molar-refractivity contribution in [1.29, 1.82) is 0 Å². The van der Waals surface area contributed by atoms with Crippen molar-refractivity contribution < 1.29 is 4.79 Å². The topological polar surface area (TPSA) is 41.1 Å². The van der Waals surface area contributed by atoms with Crippen LogP contribution in [0.4, 0.5) is 4.79 Å². The molecule has 1 saturated carbocycles. The molecule has 2 N–H and O–H groups in total. The van der Waals surface area contributed by atoms with E-state index in [2.05, 4.69) is 24.5 Å². The molecule has 0 aliphatic heterocycles. The first-order valence-electron chi connectivity index (χ1n) is 6.83. The summed E-state index contributed by atoms with van der Waals surface area (Å²) in [5, 5.41) is 6.16. The van der Waals surface area contributed by atoms with Gasteiger partial charge in [-0.25, -0.2) is 4.79 Å². The third-order valence-corrected chi connectivity index (χ3v) is 3.41. The highest BCUT2D eigenvalue weighted by molar-refractivity contribution is 5.74. The second-order valence-corrected chi connectivity index (χ2v) is 4.85. The summed E-state index contributed by atoms with van der Waals surface area (Å²) in [6.45, 7) is 4.28. The molecule has 3 heteroatoms. The molecule has 3 nitrogen and oxygen atoms in total. The van der Waals surface area contributed by atoms with Gasteiger partial charge in [-0.05, 0) is 25.7 Å². The summed E-state index contributed by atoms with van der Waals surface area (Å²) in [5.41, 5.74) is 0. The quantitative estimate of drug-likeness (QED) is 0.742. The van der Waals surface area contributed by atoms with Crippen LogP contribution in [-0.2, 0) is 0 Å². The lowest BCUT2D eigenvalue weighted by Gasteiger charge is -2.24. The lowest BCUT2D eigenvalue weighted by molar-refractivity contribution is 0.227. The summed E-state index contributed by atoms with van der Waals surface area (Å²) >= 11 is 0. The summed E-state index contributed by atoms with van der Waals surface area (Å²) in [6.07, 6.45) is 9.38. The maximum Gasteiger partial charge on any atom is 0.315 e. The summed E-state index contributed by atoms with van der Waals surface area (Å²) in [5.74, 6) is 0. The maximum atomic E-state index is 11.7. The zero-order chi connectivity index (χ0) is 11.8. The van der Waals surface area contributed by atoms with Crippen LogP contribution in [0.5, 0.6) is 0 Å². The number of hydrogen-bond donors (Lipinski definition) is 2. The van der Waals surface area contributed by atoms with Crippen molar-refractivity contribution in [3.05, 3.63) is 0 Å². The molecule has 0 aromatic heterocycles. The first-order valence-corrected chi connectivity index (χ1v) is 6.83. The number of nitrogens with one attached hydrogen (secondary N) is 2. The molecule has 1 rings (SSSR count). The van der Waals surface area contributed by atoms with E-state index < -0.39 is 0 Å². The minimum Gasteiger partial charge on any atom is -0.335 e. The second kappa shape index (κ2) is 7.53. The lowest BCUT2D eigenvalue weighted by atomic mass is 9.96. The van der Waals surface area contributed by atoms with Gasteiger partial charge in [0.05, 0.1) is 0 Å². The molecule has 1 atom stereocenters. The number of carbonyl (C=O) groups excluding carboxylic acids is 1. The number of hydrogen-bond acceptors (Lipinski definition) is 1. The molecule has 1 fully saturated rings. The van der Waals surface area contributed by atoms with Crippen molar-refractivity contribution in [2.45, 2.75) is 77.3 Å². The van der Waals surface area contributed by atoms with E-state index >= 15 is 0 Å². The lowest BCUT2D eigenvalue weighted by Crippen LogP contribution is -2.46. The van der Waals surface area contributed by atoms with Gasteiger partial charge >= 0.3 is 6.03 Å². The van der Waals surface area contributed by atoms with E-state index in [1.165, 1.54) is 19.3 Å². The van der Waals surface area contributed by atoms with E-state index in [-0.39, 0.29) is 6.03 Å². The van der Waals surface area contributed by atoms with Crippen LogP contribution in [0.15, 0.2) is 0 Å². The van der Waals surface area contributed by atoms with Crippen molar-refractivity contribution in [3.8, 4) is 0 Å². The smallest absolute Gasteiger partial charge is 0.315 e. The zero-order valence-corrected chi connectivity index (χ0v) is 10.7. The molecule has 0 saturated heterocycles. The minimum atomic E-state index is 0.0344. The zero-order valence-electron chi connectivity index (χ0n) is 10.7. The van der Waals surface area contributed by atoms with Gasteiger partial charge in [0.2, 0.25) is 0 Å². The third-order valence-electron chi connectivity index (χ3n) is 3.41. The van der Waals surface area contributed by atoms with Crippen LogP contribution in [0, 0.1) is 0 Å². The van der Waals surface area contributed by atoms with Gasteiger partial charge in [0.25, 0.3) is 0 Å². The van der Waals surface area contributed by atoms with Crippen molar-refractivity contribution in [2.24, 2.45) is 0 Å². The van der Waals surface area contributed by atoms with E-state index in [1.54, 1.807) is 0 Å². The minimum absolute atomic E-state index is 0.0344. The Labute approximate surface area is 99.4 Å². The Morgan fingerprint density at radius 3 is 2.50 bits per heavy atom. The van der Waals surface area contributed by atoms with Crippen LogP contribution in [-0.4, -0.2) is 18.1 Å². The molecule has 16 heavy (non-hydrogen) atoms. The molecule has 1 unspecified atom stereocenters. The summed E-state index contributed by atoms with van der Waals surface area (Å²) < 4.78 is 0. The van der Waals surface area contributed by atoms with Gasteiger partial charge in [-0.15, -0.1) is 0 Å². The predicted molar refractivity (Wildman–Crippen MR) is 67.5 cm³/mol. The molecule has 0 heterocycles. The maximum absolute atomic E-state index is 11.7. The van der Waals surface area contributed by atoms with Crippen molar-refractivity contribution in [1.82, 2.24) is 10.6 Å². The molecule has 0 aromatic carbocycles. The summed E-state index contributed by atoms with van der Waals surface area (Å²) in [4.78, 5) is 11.7. The van der Waals surface area contributed by atoms with Crippen molar-refractivity contribution in [2.75, 3.05) is 0 Å². The Balaban J connectivity index is 2.22. The van der Waals surface area contributed by atoms with Crippen LogP contribution in [0.25, 0.3) is 0 Å². The molecule has 0 aromatic rings. The van der Waals surface area contributed by atoms with E-state index in [9.17, 15) is 4.79 Å². The number of urea groups is 1. The highest BCUT2D eigenvalue weighted by atomic mass is 16.2. The molecule has 1 aliphatic rings. The Morgan fingerprint density at radius 1 is 1.25 bits per heavy atom. The number of amides is 2. The Bertz CT molecular complexity index is 191. The molecule has 0 spiro atoms. The number of rotatable bonds is 5. The molecule has 1 aliphatic carbocycles. The Hall–Kier alpha value is -0.730. The largest absolute Gasteiger partial charge is 0.335 e. The van der Waals surface area contributed by atoms with Gasteiger partial charge in [0, 0.05) is 12.1 Å². The van der Waals surface area contributed by atoms with Crippen LogP contribution in [0.1, 0.15) is 65.2 Å². The van der Waals surface area contributed by atoms with Crippen LogP contribution in [0.2, 0.25) is 0 Å². The highest BCUT2D eigenvalue weighted by Gasteiger charge is 2.16. The van der Waals surface area contributed by atoms with Gasteiger partial charge in [-0.1, -0.05) is 39.5 Å². The highest BCUT2D eigenvalue weighted by Crippen LogP contribution is 2.17. The third kappa shape index (κ3) is 4.86. The predicted octanol–water partition coefficient (Wildman–Crippen LogP) is 3.20. The van der Waals surface area contributed by atoms with E-state index in [0.717, 1.165) is 32.1 Å². The SMILES string of the molecule is CCCC(CC)NC(=O)NC1CCCCC1. The first-order chi connectivity index (χ1) is 7.76. The monoisotopic (exact) mass is 226 g/mol. The van der Waals surface area contributed by atoms with Crippen molar-refractivity contribution >= 4 is 6.03 Å². The Kier molecular flexibility index (Phi) is 6.27. The average molecular weight is 226 g/mol. The van der Waals surface area contributed by atoms with Crippen LogP contribution < -0.4 is 10.6 Å². The average Bonchev–Trinajstić information content (AvgIpc) is 2.29. The normalized spacial score (nSPS) is 19.1. The fraction of sp³-hybridized carbons (Fsp3) is 0.923. The first kappa shape index (κ1) is 13.3. The van der Waals surface area contributed by atoms with E-state index in [1.807, 2.05) is 0 Å². The van der Waals surface area contributed by atoms with Gasteiger partial charge in [-0.2, -0.15) is 0 Å². The second-order valence-electron chi connectivity index (χ2n) is 4.85. The standard InChI is InChI=1S/C13H26N2O/c1-3-8-11(4-2)14-13(16)15-12-9-6-5-7-10-12/h11-12H,3-10H2,1-2H3,(H2,14,15,16).